The largest absolute Gasteiger partial charge is 0.490 e. The number of alkyl halides is 1. The van der Waals surface area contributed by atoms with Crippen LogP contribution in [0, 0.1) is 0 Å². The number of esters is 2. The molecular weight excluding hydrogens is 517 g/mol. The van der Waals surface area contributed by atoms with Gasteiger partial charge in [0.15, 0.2) is 6.10 Å². The van der Waals surface area contributed by atoms with Crippen LogP contribution in [0.1, 0.15) is 25.0 Å². The van der Waals surface area contributed by atoms with Crippen molar-refractivity contribution in [2.24, 2.45) is 5.73 Å². The third-order valence-corrected chi connectivity index (χ3v) is 6.31. The van der Waals surface area contributed by atoms with Crippen LogP contribution in [-0.4, -0.2) is 81.7 Å². The molecule has 1 aliphatic rings. The Bertz CT molecular complexity index is 1030. The first-order chi connectivity index (χ1) is 18.2. The molecule has 0 amide bonds. The predicted octanol–water partition coefficient (Wildman–Crippen LogP) is 2.58. The summed E-state index contributed by atoms with van der Waals surface area (Å²) in [6.07, 6.45) is -1.39. The van der Waals surface area contributed by atoms with Crippen molar-refractivity contribution in [1.82, 2.24) is 9.74 Å². The van der Waals surface area contributed by atoms with Crippen molar-refractivity contribution < 1.29 is 32.9 Å². The zero-order chi connectivity index (χ0) is 27.5. The lowest BCUT2D eigenvalue weighted by atomic mass is 9.78. The molecule has 2 atom stereocenters. The van der Waals surface area contributed by atoms with Crippen LogP contribution in [0.3, 0.4) is 0 Å². The van der Waals surface area contributed by atoms with Gasteiger partial charge in [-0.3, -0.25) is 14.5 Å². The van der Waals surface area contributed by atoms with Crippen molar-refractivity contribution in [2.75, 3.05) is 52.6 Å². The third kappa shape index (κ3) is 9.13. The van der Waals surface area contributed by atoms with Crippen molar-refractivity contribution in [2.45, 2.75) is 31.5 Å². The average Bonchev–Trinajstić information content (AvgIpc) is 3.74. The van der Waals surface area contributed by atoms with E-state index in [1.165, 1.54) is 0 Å². The summed E-state index contributed by atoms with van der Waals surface area (Å²) in [6.45, 7) is 5.72. The third-order valence-electron chi connectivity index (χ3n) is 6.17. The standard InChI is InChI=1S/C27H35ClFN3O6/c1-27(2,19-3-7-21(8-4-19)35-17-23(13-29)37-26(34)15-31-28)20-5-9-22(10-6-20)36-18-24(16-32-11-12-32)38-25(33)14-30/h3-10,23-24,31H,11-18,30H2,1-2H3. The molecule has 0 saturated carbocycles. The molecule has 3 rings (SSSR count). The maximum Gasteiger partial charge on any atom is 0.321 e. The minimum Gasteiger partial charge on any atom is -0.490 e. The fourth-order valence-electron chi connectivity index (χ4n) is 3.77. The van der Waals surface area contributed by atoms with Gasteiger partial charge in [0.1, 0.15) is 44.0 Å². The average molecular weight is 552 g/mol. The first kappa shape index (κ1) is 29.6. The molecule has 3 N–H and O–H groups in total. The second-order valence-corrected chi connectivity index (χ2v) is 9.76. The van der Waals surface area contributed by atoms with Crippen LogP contribution in [0.15, 0.2) is 48.5 Å². The molecule has 1 fully saturated rings. The Balaban J connectivity index is 1.55. The van der Waals surface area contributed by atoms with Gasteiger partial charge in [-0.15, -0.1) is 0 Å². The van der Waals surface area contributed by atoms with E-state index >= 15 is 0 Å². The van der Waals surface area contributed by atoms with Gasteiger partial charge in [0, 0.05) is 25.0 Å². The second-order valence-electron chi connectivity index (χ2n) is 9.49. The molecule has 2 aromatic rings. The summed E-state index contributed by atoms with van der Waals surface area (Å²) in [5.74, 6) is 0.105. The lowest BCUT2D eigenvalue weighted by molar-refractivity contribution is -0.150. The highest BCUT2D eigenvalue weighted by molar-refractivity contribution is 6.14. The molecular formula is C27H35ClFN3O6. The van der Waals surface area contributed by atoms with E-state index in [0.717, 1.165) is 24.2 Å². The van der Waals surface area contributed by atoms with E-state index in [0.29, 0.717) is 18.0 Å². The van der Waals surface area contributed by atoms with Gasteiger partial charge in [-0.05, 0) is 47.2 Å². The lowest BCUT2D eigenvalue weighted by Crippen LogP contribution is -2.34. The lowest BCUT2D eigenvalue weighted by Gasteiger charge is -2.27. The van der Waals surface area contributed by atoms with E-state index in [-0.39, 0.29) is 37.8 Å². The van der Waals surface area contributed by atoms with E-state index in [1.54, 1.807) is 12.1 Å². The molecule has 1 aliphatic heterocycles. The summed E-state index contributed by atoms with van der Waals surface area (Å²) < 4.78 is 35.0. The molecule has 9 nitrogen and oxygen atoms in total. The van der Waals surface area contributed by atoms with E-state index < -0.39 is 24.7 Å². The summed E-state index contributed by atoms with van der Waals surface area (Å²) in [7, 11) is 0. The number of nitrogens with one attached hydrogen (secondary N) is 1. The van der Waals surface area contributed by atoms with Gasteiger partial charge in [-0.1, -0.05) is 38.1 Å². The SMILES string of the molecule is CC(C)(c1ccc(OCC(CF)OC(=O)CNCl)cc1)c1ccc(OCC(CN2CC2)OC(=O)CN)cc1. The van der Waals surface area contributed by atoms with Crippen molar-refractivity contribution in [3.8, 4) is 11.5 Å². The molecule has 0 aromatic heterocycles. The Hall–Kier alpha value is -2.92. The fraction of sp³-hybridized carbons (Fsp3) is 0.481. The molecule has 1 heterocycles. The first-order valence-corrected chi connectivity index (χ1v) is 12.8. The van der Waals surface area contributed by atoms with E-state index in [9.17, 15) is 14.0 Å². The normalized spacial score (nSPS) is 14.9. The molecule has 2 unspecified atom stereocenters. The quantitative estimate of drug-likeness (QED) is 0.185. The number of hydrogen-bond acceptors (Lipinski definition) is 9. The number of nitrogens with zero attached hydrogens (tertiary/aromatic N) is 1. The van der Waals surface area contributed by atoms with Gasteiger partial charge >= 0.3 is 11.9 Å². The van der Waals surface area contributed by atoms with Crippen molar-refractivity contribution in [3.05, 3.63) is 59.7 Å². The fourth-order valence-corrected chi connectivity index (χ4v) is 3.88. The molecule has 208 valence electrons. The van der Waals surface area contributed by atoms with Crippen LogP contribution in [-0.2, 0) is 24.5 Å². The molecule has 2 aromatic carbocycles. The number of rotatable bonds is 16. The van der Waals surface area contributed by atoms with Crippen molar-refractivity contribution >= 4 is 23.7 Å². The molecule has 38 heavy (non-hydrogen) atoms. The zero-order valence-electron chi connectivity index (χ0n) is 21.7. The van der Waals surface area contributed by atoms with Crippen LogP contribution in [0.2, 0.25) is 0 Å². The van der Waals surface area contributed by atoms with Crippen LogP contribution in [0.4, 0.5) is 4.39 Å². The van der Waals surface area contributed by atoms with Crippen molar-refractivity contribution in [1.29, 1.82) is 0 Å². The van der Waals surface area contributed by atoms with E-state index in [4.69, 9.17) is 36.5 Å². The highest BCUT2D eigenvalue weighted by Gasteiger charge is 2.26. The number of halogens is 2. The van der Waals surface area contributed by atoms with Gasteiger partial charge in [-0.25, -0.2) is 9.23 Å². The smallest absolute Gasteiger partial charge is 0.321 e. The monoisotopic (exact) mass is 551 g/mol. The van der Waals surface area contributed by atoms with Crippen LogP contribution < -0.4 is 20.0 Å². The topological polar surface area (TPSA) is 112 Å². The number of hydrogen-bond donors (Lipinski definition) is 2. The number of benzene rings is 2. The van der Waals surface area contributed by atoms with Gasteiger partial charge in [0.2, 0.25) is 0 Å². The molecule has 0 radical (unpaired) electrons. The molecule has 11 heteroatoms. The minimum atomic E-state index is -1.02. The number of nitrogens with two attached hydrogens (primary N) is 1. The minimum absolute atomic E-state index is 0.112. The van der Waals surface area contributed by atoms with Crippen LogP contribution >= 0.6 is 11.8 Å². The highest BCUT2D eigenvalue weighted by atomic mass is 35.5. The Kier molecular flexibility index (Phi) is 11.1. The van der Waals surface area contributed by atoms with E-state index in [2.05, 4.69) is 23.6 Å². The summed E-state index contributed by atoms with van der Waals surface area (Å²) in [5, 5.41) is 0. The maximum absolute atomic E-state index is 13.2. The summed E-state index contributed by atoms with van der Waals surface area (Å²) >= 11 is 5.26. The number of ether oxygens (including phenoxy) is 4. The Morgan fingerprint density at radius 2 is 1.45 bits per heavy atom. The Labute approximate surface area is 227 Å². The van der Waals surface area contributed by atoms with Gasteiger partial charge in [0.05, 0.1) is 6.54 Å². The summed E-state index contributed by atoms with van der Waals surface area (Å²) in [4.78, 5) is 27.4. The van der Waals surface area contributed by atoms with Crippen LogP contribution in [0.25, 0.3) is 0 Å². The molecule has 0 spiro atoms. The molecule has 0 aliphatic carbocycles. The van der Waals surface area contributed by atoms with E-state index in [1.807, 2.05) is 36.4 Å². The summed E-state index contributed by atoms with van der Waals surface area (Å²) in [5.41, 5.74) is 7.18. The first-order valence-electron chi connectivity index (χ1n) is 12.4. The molecule has 1 saturated heterocycles. The maximum atomic E-state index is 13.2. The highest BCUT2D eigenvalue weighted by Crippen LogP contribution is 2.33. The Morgan fingerprint density at radius 1 is 0.947 bits per heavy atom. The Morgan fingerprint density at radius 3 is 1.89 bits per heavy atom. The van der Waals surface area contributed by atoms with Crippen molar-refractivity contribution in [3.63, 3.8) is 0 Å². The van der Waals surface area contributed by atoms with Crippen LogP contribution in [0.5, 0.6) is 11.5 Å². The number of carbonyl (C=O) groups is 2. The summed E-state index contributed by atoms with van der Waals surface area (Å²) in [6, 6.07) is 15.3. The predicted molar refractivity (Wildman–Crippen MR) is 141 cm³/mol. The van der Waals surface area contributed by atoms with Gasteiger partial charge in [-0.2, -0.15) is 0 Å². The zero-order valence-corrected chi connectivity index (χ0v) is 22.4. The molecule has 0 bridgehead atoms. The second kappa shape index (κ2) is 14.3. The van der Waals surface area contributed by atoms with Gasteiger partial charge < -0.3 is 24.7 Å². The van der Waals surface area contributed by atoms with Gasteiger partial charge in [0.25, 0.3) is 0 Å². The number of carbonyl (C=O) groups excluding carboxylic acids is 2.